The summed E-state index contributed by atoms with van der Waals surface area (Å²) in [6, 6.07) is 16.6. The second-order valence-corrected chi connectivity index (χ2v) is 8.17. The zero-order valence-corrected chi connectivity index (χ0v) is 19.2. The van der Waals surface area contributed by atoms with Gasteiger partial charge in [-0.3, -0.25) is 19.5 Å². The lowest BCUT2D eigenvalue weighted by atomic mass is 9.97. The number of aliphatic hydroxyl groups is 1. The number of benzene rings is 2. The van der Waals surface area contributed by atoms with Crippen LogP contribution in [0.2, 0.25) is 0 Å². The summed E-state index contributed by atoms with van der Waals surface area (Å²) in [7, 11) is 0. The number of amides is 1. The zero-order valence-electron chi connectivity index (χ0n) is 17.6. The molecule has 0 aliphatic carbocycles. The first kappa shape index (κ1) is 21.8. The van der Waals surface area contributed by atoms with E-state index in [4.69, 9.17) is 4.74 Å². The smallest absolute Gasteiger partial charge is 0.300 e. The number of ether oxygens (including phenoxy) is 1. The average molecular weight is 493 g/mol. The third-order valence-corrected chi connectivity index (χ3v) is 6.14. The largest absolute Gasteiger partial charge is 0.507 e. The Hall–Kier alpha value is -3.45. The normalized spacial score (nSPS) is 17.6. The number of halogens is 1. The second kappa shape index (κ2) is 8.96. The summed E-state index contributed by atoms with van der Waals surface area (Å²) < 4.78 is 6.45. The molecule has 1 aromatic heterocycles. The lowest BCUT2D eigenvalue weighted by Gasteiger charge is -2.25. The van der Waals surface area contributed by atoms with E-state index in [0.717, 1.165) is 10.0 Å². The number of aromatic nitrogens is 1. The molecule has 4 rings (SSSR count). The highest BCUT2D eigenvalue weighted by molar-refractivity contribution is 9.10. The van der Waals surface area contributed by atoms with Crippen molar-refractivity contribution in [2.75, 3.05) is 11.5 Å². The second-order valence-electron chi connectivity index (χ2n) is 7.32. The van der Waals surface area contributed by atoms with Gasteiger partial charge < -0.3 is 9.84 Å². The Morgan fingerprint density at radius 3 is 2.62 bits per heavy atom. The summed E-state index contributed by atoms with van der Waals surface area (Å²) in [5.74, 6) is -1.15. The van der Waals surface area contributed by atoms with Crippen LogP contribution in [-0.2, 0) is 9.59 Å². The van der Waals surface area contributed by atoms with Gasteiger partial charge in [-0.05, 0) is 55.8 Å². The van der Waals surface area contributed by atoms with Crippen LogP contribution < -0.4 is 9.64 Å². The van der Waals surface area contributed by atoms with Crippen molar-refractivity contribution < 1.29 is 19.4 Å². The first-order valence-electron chi connectivity index (χ1n) is 10.1. The van der Waals surface area contributed by atoms with E-state index in [-0.39, 0.29) is 11.3 Å². The molecule has 1 aliphatic heterocycles. The maximum atomic E-state index is 13.2. The number of carbonyl (C=O) groups is 2. The molecule has 32 heavy (non-hydrogen) atoms. The van der Waals surface area contributed by atoms with Crippen LogP contribution in [0.3, 0.4) is 0 Å². The fraction of sp³-hybridized carbons (Fsp3) is 0.160. The van der Waals surface area contributed by atoms with Crippen molar-refractivity contribution in [2.24, 2.45) is 0 Å². The highest BCUT2D eigenvalue weighted by atomic mass is 79.9. The van der Waals surface area contributed by atoms with Gasteiger partial charge in [0.15, 0.2) is 0 Å². The number of pyridine rings is 1. The lowest BCUT2D eigenvalue weighted by molar-refractivity contribution is -0.132. The molecule has 6 nitrogen and oxygen atoms in total. The summed E-state index contributed by atoms with van der Waals surface area (Å²) in [6.45, 7) is 4.22. The van der Waals surface area contributed by atoms with Crippen LogP contribution in [0.5, 0.6) is 5.75 Å². The molecule has 0 radical (unpaired) electrons. The van der Waals surface area contributed by atoms with Gasteiger partial charge in [-0.25, -0.2) is 0 Å². The fourth-order valence-electron chi connectivity index (χ4n) is 3.75. The van der Waals surface area contributed by atoms with Crippen molar-refractivity contribution in [1.82, 2.24) is 4.98 Å². The predicted octanol–water partition coefficient (Wildman–Crippen LogP) is 5.18. The van der Waals surface area contributed by atoms with Gasteiger partial charge >= 0.3 is 0 Å². The number of ketones is 1. The van der Waals surface area contributed by atoms with Crippen molar-refractivity contribution in [3.63, 3.8) is 0 Å². The van der Waals surface area contributed by atoms with Crippen LogP contribution in [0, 0.1) is 6.92 Å². The lowest BCUT2D eigenvalue weighted by Crippen LogP contribution is -2.29. The molecule has 1 saturated heterocycles. The Bertz CT molecular complexity index is 1220. The van der Waals surface area contributed by atoms with E-state index in [2.05, 4.69) is 20.9 Å². The first-order valence-corrected chi connectivity index (χ1v) is 10.9. The molecule has 1 unspecified atom stereocenters. The molecular formula is C25H21BrN2O4. The van der Waals surface area contributed by atoms with Crippen molar-refractivity contribution >= 4 is 39.1 Å². The molecule has 1 amide bonds. The van der Waals surface area contributed by atoms with Crippen molar-refractivity contribution in [3.8, 4) is 5.75 Å². The monoisotopic (exact) mass is 492 g/mol. The van der Waals surface area contributed by atoms with E-state index in [1.807, 2.05) is 13.8 Å². The number of nitrogens with zero attached hydrogens (tertiary/aromatic N) is 2. The molecule has 3 aromatic rings. The van der Waals surface area contributed by atoms with E-state index in [1.54, 1.807) is 66.9 Å². The molecule has 1 atom stereocenters. The van der Waals surface area contributed by atoms with Gasteiger partial charge in [0.25, 0.3) is 11.7 Å². The number of hydrogen-bond acceptors (Lipinski definition) is 5. The molecule has 1 aliphatic rings. The summed E-state index contributed by atoms with van der Waals surface area (Å²) >= 11 is 3.44. The van der Waals surface area contributed by atoms with Crippen LogP contribution in [-0.4, -0.2) is 28.4 Å². The molecule has 7 heteroatoms. The molecule has 2 heterocycles. The topological polar surface area (TPSA) is 79.7 Å². The van der Waals surface area contributed by atoms with Gasteiger partial charge in [0.1, 0.15) is 17.6 Å². The highest BCUT2D eigenvalue weighted by Gasteiger charge is 2.47. The Morgan fingerprint density at radius 1 is 1.12 bits per heavy atom. The van der Waals surface area contributed by atoms with E-state index >= 15 is 0 Å². The SMILES string of the molecule is CCOc1cccc(N2C(=O)C(=O)/C(=C(/O)c3ccc(Br)c(C)c3)C2c2ccccn2)c1. The summed E-state index contributed by atoms with van der Waals surface area (Å²) in [5, 5.41) is 11.2. The van der Waals surface area contributed by atoms with Crippen LogP contribution in [0.25, 0.3) is 5.76 Å². The number of aryl methyl sites for hydroxylation is 1. The van der Waals surface area contributed by atoms with Gasteiger partial charge in [-0.1, -0.05) is 34.1 Å². The van der Waals surface area contributed by atoms with Crippen LogP contribution in [0.15, 0.2) is 76.9 Å². The number of carbonyl (C=O) groups excluding carboxylic acids is 2. The summed E-state index contributed by atoms with van der Waals surface area (Å²) in [4.78, 5) is 32.1. The summed E-state index contributed by atoms with van der Waals surface area (Å²) in [6.07, 6.45) is 1.59. The Balaban J connectivity index is 1.92. The minimum Gasteiger partial charge on any atom is -0.507 e. The molecule has 0 bridgehead atoms. The highest BCUT2D eigenvalue weighted by Crippen LogP contribution is 2.42. The molecular weight excluding hydrogens is 472 g/mol. The zero-order chi connectivity index (χ0) is 22.8. The Morgan fingerprint density at radius 2 is 1.94 bits per heavy atom. The number of rotatable bonds is 5. The molecule has 0 spiro atoms. The third-order valence-electron chi connectivity index (χ3n) is 5.25. The Kier molecular flexibility index (Phi) is 6.10. The van der Waals surface area contributed by atoms with Gasteiger partial charge in [0, 0.05) is 28.0 Å². The van der Waals surface area contributed by atoms with Crippen molar-refractivity contribution in [3.05, 3.63) is 93.7 Å². The summed E-state index contributed by atoms with van der Waals surface area (Å²) in [5.41, 5.74) is 2.30. The first-order chi connectivity index (χ1) is 15.4. The van der Waals surface area contributed by atoms with Gasteiger partial charge in [-0.15, -0.1) is 0 Å². The minimum absolute atomic E-state index is 0.00256. The van der Waals surface area contributed by atoms with Crippen LogP contribution in [0.1, 0.15) is 29.8 Å². The standard InChI is InChI=1S/C25H21BrN2O4/c1-3-32-18-8-6-7-17(14-18)28-22(20-9-4-5-12-27-20)21(24(30)25(28)31)23(29)16-10-11-19(26)15(2)13-16/h4-14,22,29H,3H2,1-2H3/b23-21+. The maximum absolute atomic E-state index is 13.2. The van der Waals surface area contributed by atoms with Gasteiger partial charge in [-0.2, -0.15) is 0 Å². The number of hydrogen-bond donors (Lipinski definition) is 1. The third kappa shape index (κ3) is 3.91. The molecule has 2 aromatic carbocycles. The van der Waals surface area contributed by atoms with Gasteiger partial charge in [0.05, 0.1) is 17.9 Å². The number of Topliss-reactive ketones (excluding diaryl/α,β-unsaturated/α-hetero) is 1. The molecule has 1 fully saturated rings. The van der Waals surface area contributed by atoms with Crippen molar-refractivity contribution in [2.45, 2.75) is 19.9 Å². The Labute approximate surface area is 194 Å². The van der Waals surface area contributed by atoms with Gasteiger partial charge in [0.2, 0.25) is 0 Å². The molecule has 1 N–H and O–H groups in total. The minimum atomic E-state index is -0.878. The average Bonchev–Trinajstić information content (AvgIpc) is 3.07. The van der Waals surface area contributed by atoms with E-state index in [0.29, 0.717) is 29.3 Å². The number of aliphatic hydroxyl groups excluding tert-OH is 1. The molecule has 162 valence electrons. The fourth-order valence-corrected chi connectivity index (χ4v) is 4.00. The predicted molar refractivity (Wildman–Crippen MR) is 126 cm³/mol. The van der Waals surface area contributed by atoms with Crippen molar-refractivity contribution in [1.29, 1.82) is 0 Å². The van der Waals surface area contributed by atoms with E-state index in [9.17, 15) is 14.7 Å². The molecule has 0 saturated carbocycles. The number of anilines is 1. The van der Waals surface area contributed by atoms with Crippen LogP contribution >= 0.6 is 15.9 Å². The van der Waals surface area contributed by atoms with E-state index in [1.165, 1.54) is 4.90 Å². The van der Waals surface area contributed by atoms with E-state index < -0.39 is 17.7 Å². The maximum Gasteiger partial charge on any atom is 0.300 e. The van der Waals surface area contributed by atoms with Crippen LogP contribution in [0.4, 0.5) is 5.69 Å². The quantitative estimate of drug-likeness (QED) is 0.301.